The van der Waals surface area contributed by atoms with Gasteiger partial charge in [-0.2, -0.15) is 0 Å². The molecule has 0 saturated heterocycles. The van der Waals surface area contributed by atoms with Crippen LogP contribution in [0.5, 0.6) is 5.75 Å². The number of carbonyl (C=O) groups is 1. The fraction of sp³-hybridized carbons (Fsp3) is 0.316. The Labute approximate surface area is 132 Å². The van der Waals surface area contributed by atoms with E-state index in [1.807, 2.05) is 42.5 Å². The lowest BCUT2D eigenvalue weighted by molar-refractivity contribution is -0.121. The van der Waals surface area contributed by atoms with Gasteiger partial charge in [0.2, 0.25) is 5.91 Å². The maximum atomic E-state index is 12.3. The van der Waals surface area contributed by atoms with Crippen LogP contribution in [-0.2, 0) is 11.2 Å². The first-order valence-electron chi connectivity index (χ1n) is 7.57. The predicted octanol–water partition coefficient (Wildman–Crippen LogP) is 3.75. The molecule has 116 valence electrons. The van der Waals surface area contributed by atoms with Gasteiger partial charge in [-0.1, -0.05) is 56.3 Å². The number of hydrogen-bond acceptors (Lipinski definition) is 2. The van der Waals surface area contributed by atoms with Crippen LogP contribution in [0.3, 0.4) is 0 Å². The van der Waals surface area contributed by atoms with Crippen LogP contribution in [-0.4, -0.2) is 13.0 Å². The van der Waals surface area contributed by atoms with E-state index in [0.717, 1.165) is 16.9 Å². The highest BCUT2D eigenvalue weighted by molar-refractivity contribution is 5.79. The van der Waals surface area contributed by atoms with Crippen molar-refractivity contribution in [1.82, 2.24) is 5.32 Å². The van der Waals surface area contributed by atoms with Crippen molar-refractivity contribution in [2.24, 2.45) is 5.92 Å². The number of rotatable bonds is 6. The lowest BCUT2D eigenvalue weighted by Gasteiger charge is -2.23. The normalized spacial score (nSPS) is 12.0. The van der Waals surface area contributed by atoms with Crippen molar-refractivity contribution < 1.29 is 9.53 Å². The van der Waals surface area contributed by atoms with Crippen LogP contribution in [0, 0.1) is 5.92 Å². The largest absolute Gasteiger partial charge is 0.497 e. The van der Waals surface area contributed by atoms with Gasteiger partial charge in [-0.25, -0.2) is 0 Å². The third-order valence-corrected chi connectivity index (χ3v) is 3.67. The first kappa shape index (κ1) is 16.1. The van der Waals surface area contributed by atoms with Gasteiger partial charge >= 0.3 is 0 Å². The van der Waals surface area contributed by atoms with Crippen LogP contribution in [0.15, 0.2) is 54.6 Å². The maximum Gasteiger partial charge on any atom is 0.224 e. The van der Waals surface area contributed by atoms with Gasteiger partial charge < -0.3 is 10.1 Å². The third-order valence-electron chi connectivity index (χ3n) is 3.67. The summed E-state index contributed by atoms with van der Waals surface area (Å²) in [7, 11) is 1.63. The van der Waals surface area contributed by atoms with Crippen LogP contribution in [0.4, 0.5) is 0 Å². The van der Waals surface area contributed by atoms with Gasteiger partial charge in [0, 0.05) is 0 Å². The molecule has 0 spiro atoms. The number of methoxy groups -OCH3 is 1. The molecule has 0 aliphatic heterocycles. The topological polar surface area (TPSA) is 38.3 Å². The third kappa shape index (κ3) is 4.35. The average Bonchev–Trinajstić information content (AvgIpc) is 2.54. The second-order valence-electron chi connectivity index (χ2n) is 5.72. The van der Waals surface area contributed by atoms with Crippen LogP contribution >= 0.6 is 0 Å². The molecular formula is C19H23NO2. The number of ether oxygens (including phenoxy) is 1. The highest BCUT2D eigenvalue weighted by Gasteiger charge is 2.18. The molecular weight excluding hydrogens is 274 g/mol. The Hall–Kier alpha value is -2.29. The molecule has 0 heterocycles. The molecule has 2 rings (SSSR count). The molecule has 1 amide bonds. The molecule has 1 atom stereocenters. The summed E-state index contributed by atoms with van der Waals surface area (Å²) in [5, 5.41) is 3.14. The van der Waals surface area contributed by atoms with Gasteiger partial charge in [0.1, 0.15) is 5.75 Å². The van der Waals surface area contributed by atoms with Crippen molar-refractivity contribution >= 4 is 5.91 Å². The highest BCUT2D eigenvalue weighted by Crippen LogP contribution is 2.21. The van der Waals surface area contributed by atoms with Crippen molar-refractivity contribution in [3.05, 3.63) is 65.7 Å². The first-order chi connectivity index (χ1) is 10.6. The summed E-state index contributed by atoms with van der Waals surface area (Å²) in [4.78, 5) is 12.3. The number of hydrogen-bond donors (Lipinski definition) is 1. The zero-order valence-corrected chi connectivity index (χ0v) is 13.4. The Balaban J connectivity index is 2.02. The summed E-state index contributed by atoms with van der Waals surface area (Å²) in [5.41, 5.74) is 2.12. The van der Waals surface area contributed by atoms with Crippen molar-refractivity contribution in [2.45, 2.75) is 26.3 Å². The van der Waals surface area contributed by atoms with E-state index < -0.39 is 0 Å². The Morgan fingerprint density at radius 3 is 2.23 bits per heavy atom. The molecule has 2 aromatic carbocycles. The van der Waals surface area contributed by atoms with E-state index in [2.05, 4.69) is 31.3 Å². The van der Waals surface area contributed by atoms with E-state index in [1.165, 1.54) is 0 Å². The molecule has 22 heavy (non-hydrogen) atoms. The molecule has 0 fully saturated rings. The van der Waals surface area contributed by atoms with Gasteiger partial charge in [-0.15, -0.1) is 0 Å². The number of benzene rings is 2. The molecule has 0 saturated carbocycles. The van der Waals surface area contributed by atoms with Crippen molar-refractivity contribution in [1.29, 1.82) is 0 Å². The standard InChI is InChI=1S/C19H23NO2/c1-14(2)19(16-7-5-4-6-8-16)20-18(21)13-15-9-11-17(22-3)12-10-15/h4-12,14,19H,13H2,1-3H3,(H,20,21). The van der Waals surface area contributed by atoms with E-state index >= 15 is 0 Å². The fourth-order valence-corrected chi connectivity index (χ4v) is 2.45. The first-order valence-corrected chi connectivity index (χ1v) is 7.57. The maximum absolute atomic E-state index is 12.3. The monoisotopic (exact) mass is 297 g/mol. The number of amides is 1. The van der Waals surface area contributed by atoms with E-state index in [4.69, 9.17) is 4.74 Å². The minimum absolute atomic E-state index is 0.0342. The summed E-state index contributed by atoms with van der Waals surface area (Å²) in [6.07, 6.45) is 0.375. The molecule has 3 nitrogen and oxygen atoms in total. The van der Waals surface area contributed by atoms with Crippen LogP contribution in [0.1, 0.15) is 31.0 Å². The minimum atomic E-state index is 0.0342. The quantitative estimate of drug-likeness (QED) is 0.882. The summed E-state index contributed by atoms with van der Waals surface area (Å²) in [6, 6.07) is 17.7. The lowest BCUT2D eigenvalue weighted by Crippen LogP contribution is -2.32. The molecule has 2 aromatic rings. The van der Waals surface area contributed by atoms with Crippen molar-refractivity contribution in [3.63, 3.8) is 0 Å². The molecule has 0 aromatic heterocycles. The smallest absolute Gasteiger partial charge is 0.224 e. The second kappa shape index (κ2) is 7.64. The molecule has 0 aliphatic carbocycles. The average molecular weight is 297 g/mol. The van der Waals surface area contributed by atoms with Crippen LogP contribution in [0.2, 0.25) is 0 Å². The zero-order valence-electron chi connectivity index (χ0n) is 13.4. The molecule has 0 bridgehead atoms. The Kier molecular flexibility index (Phi) is 5.59. The Morgan fingerprint density at radius 1 is 1.05 bits per heavy atom. The van der Waals surface area contributed by atoms with E-state index in [9.17, 15) is 4.79 Å². The van der Waals surface area contributed by atoms with Gasteiger partial charge in [0.25, 0.3) is 0 Å². The van der Waals surface area contributed by atoms with Crippen molar-refractivity contribution in [2.75, 3.05) is 7.11 Å². The summed E-state index contributed by atoms with van der Waals surface area (Å²) >= 11 is 0. The second-order valence-corrected chi connectivity index (χ2v) is 5.72. The van der Waals surface area contributed by atoms with Gasteiger partial charge in [0.05, 0.1) is 19.6 Å². The van der Waals surface area contributed by atoms with E-state index in [0.29, 0.717) is 12.3 Å². The van der Waals surface area contributed by atoms with E-state index in [-0.39, 0.29) is 11.9 Å². The predicted molar refractivity (Wildman–Crippen MR) is 88.9 cm³/mol. The summed E-state index contributed by atoms with van der Waals surface area (Å²) in [5.74, 6) is 1.17. The zero-order chi connectivity index (χ0) is 15.9. The highest BCUT2D eigenvalue weighted by atomic mass is 16.5. The molecule has 0 aliphatic rings. The molecule has 1 N–H and O–H groups in total. The number of nitrogens with one attached hydrogen (secondary N) is 1. The van der Waals surface area contributed by atoms with Gasteiger partial charge in [0.15, 0.2) is 0 Å². The lowest BCUT2D eigenvalue weighted by atomic mass is 9.95. The van der Waals surface area contributed by atoms with Gasteiger partial charge in [-0.05, 0) is 29.2 Å². The van der Waals surface area contributed by atoms with Crippen LogP contribution in [0.25, 0.3) is 0 Å². The number of carbonyl (C=O) groups excluding carboxylic acids is 1. The molecule has 1 unspecified atom stereocenters. The Bertz CT molecular complexity index is 591. The van der Waals surface area contributed by atoms with Gasteiger partial charge in [-0.3, -0.25) is 4.79 Å². The summed E-state index contributed by atoms with van der Waals surface area (Å²) in [6.45, 7) is 4.23. The molecule has 0 radical (unpaired) electrons. The molecule has 3 heteroatoms. The summed E-state index contributed by atoms with van der Waals surface area (Å²) < 4.78 is 5.13. The SMILES string of the molecule is COc1ccc(CC(=O)NC(c2ccccc2)C(C)C)cc1. The van der Waals surface area contributed by atoms with Crippen LogP contribution < -0.4 is 10.1 Å². The van der Waals surface area contributed by atoms with Crippen molar-refractivity contribution in [3.8, 4) is 5.75 Å². The minimum Gasteiger partial charge on any atom is -0.497 e. The fourth-order valence-electron chi connectivity index (χ4n) is 2.45. The Morgan fingerprint density at radius 2 is 1.68 bits per heavy atom. The van der Waals surface area contributed by atoms with E-state index in [1.54, 1.807) is 7.11 Å².